The smallest absolute Gasteiger partial charge is 0.318 e. The van der Waals surface area contributed by atoms with Gasteiger partial charge in [-0.15, -0.1) is 0 Å². The normalized spacial score (nSPS) is 12.0. The van der Waals surface area contributed by atoms with E-state index in [4.69, 9.17) is 0 Å². The highest BCUT2D eigenvalue weighted by Crippen LogP contribution is 2.24. The maximum absolute atomic E-state index is 12.3. The minimum absolute atomic E-state index is 0.0230. The summed E-state index contributed by atoms with van der Waals surface area (Å²) in [6, 6.07) is 12.0. The molecule has 0 saturated carbocycles. The topological polar surface area (TPSA) is 81.1 Å². The summed E-state index contributed by atoms with van der Waals surface area (Å²) in [5.41, 5.74) is 2.05. The number of carbonyl (C=O) groups is 1. The SMILES string of the molecule is CS(=O)(=O)c1ccc(-n2cc(-c3ccc(NC(=O)C(F)(F)F)cc3)cn2)cc1. The van der Waals surface area contributed by atoms with Crippen molar-refractivity contribution in [3.8, 4) is 16.8 Å². The number of nitrogens with one attached hydrogen (secondary N) is 1. The van der Waals surface area contributed by atoms with Crippen molar-refractivity contribution in [3.05, 3.63) is 60.9 Å². The highest BCUT2D eigenvalue weighted by molar-refractivity contribution is 7.90. The van der Waals surface area contributed by atoms with Crippen LogP contribution >= 0.6 is 0 Å². The van der Waals surface area contributed by atoms with E-state index in [1.807, 2.05) is 0 Å². The summed E-state index contributed by atoms with van der Waals surface area (Å²) in [5.74, 6) is -2.04. The van der Waals surface area contributed by atoms with Crippen LogP contribution in [0.15, 0.2) is 65.8 Å². The fourth-order valence-electron chi connectivity index (χ4n) is 2.41. The molecular formula is C18H14F3N3O3S. The van der Waals surface area contributed by atoms with Crippen LogP contribution in [-0.4, -0.2) is 36.5 Å². The number of halogens is 3. The van der Waals surface area contributed by atoms with Gasteiger partial charge in [-0.05, 0) is 42.0 Å². The first kappa shape index (κ1) is 19.6. The monoisotopic (exact) mass is 409 g/mol. The van der Waals surface area contributed by atoms with Crippen molar-refractivity contribution in [2.75, 3.05) is 11.6 Å². The van der Waals surface area contributed by atoms with Crippen molar-refractivity contribution >= 4 is 21.4 Å². The molecule has 6 nitrogen and oxygen atoms in total. The molecule has 0 aliphatic heterocycles. The molecule has 0 radical (unpaired) electrons. The molecule has 0 bridgehead atoms. The van der Waals surface area contributed by atoms with Crippen LogP contribution in [-0.2, 0) is 14.6 Å². The van der Waals surface area contributed by atoms with E-state index in [1.165, 1.54) is 24.3 Å². The maximum atomic E-state index is 12.3. The van der Waals surface area contributed by atoms with E-state index in [2.05, 4.69) is 5.10 Å². The number of hydrogen-bond acceptors (Lipinski definition) is 4. The average molecular weight is 409 g/mol. The molecule has 146 valence electrons. The number of carbonyl (C=O) groups excluding carboxylic acids is 1. The van der Waals surface area contributed by atoms with Crippen LogP contribution in [0.5, 0.6) is 0 Å². The van der Waals surface area contributed by atoms with Gasteiger partial charge in [0, 0.05) is 23.7 Å². The zero-order chi connectivity index (χ0) is 20.5. The van der Waals surface area contributed by atoms with E-state index >= 15 is 0 Å². The lowest BCUT2D eigenvalue weighted by Gasteiger charge is -2.08. The molecule has 0 fully saturated rings. The molecule has 1 aromatic heterocycles. The first-order chi connectivity index (χ1) is 13.0. The van der Waals surface area contributed by atoms with Gasteiger partial charge in [-0.25, -0.2) is 13.1 Å². The van der Waals surface area contributed by atoms with Gasteiger partial charge < -0.3 is 5.32 Å². The third-order valence-electron chi connectivity index (χ3n) is 3.85. The molecule has 1 amide bonds. The Labute approximate surface area is 158 Å². The first-order valence-electron chi connectivity index (χ1n) is 7.88. The number of nitrogens with zero attached hydrogens (tertiary/aromatic N) is 2. The van der Waals surface area contributed by atoms with Crippen LogP contribution in [0.2, 0.25) is 0 Å². The van der Waals surface area contributed by atoms with Gasteiger partial charge in [0.15, 0.2) is 9.84 Å². The zero-order valence-electron chi connectivity index (χ0n) is 14.4. The van der Waals surface area contributed by atoms with E-state index in [0.29, 0.717) is 16.8 Å². The summed E-state index contributed by atoms with van der Waals surface area (Å²) in [5, 5.41) is 5.98. The Balaban J connectivity index is 1.78. The molecule has 3 aromatic rings. The lowest BCUT2D eigenvalue weighted by atomic mass is 10.1. The third-order valence-corrected chi connectivity index (χ3v) is 4.97. The van der Waals surface area contributed by atoms with Crippen LogP contribution in [0.25, 0.3) is 16.8 Å². The first-order valence-corrected chi connectivity index (χ1v) is 9.77. The minimum Gasteiger partial charge on any atom is -0.318 e. The molecule has 1 heterocycles. The molecule has 0 aliphatic carbocycles. The predicted molar refractivity (Wildman–Crippen MR) is 96.8 cm³/mol. The molecule has 0 spiro atoms. The van der Waals surface area contributed by atoms with Gasteiger partial charge in [0.05, 0.1) is 16.8 Å². The molecule has 0 atom stereocenters. The number of benzene rings is 2. The minimum atomic E-state index is -4.95. The van der Waals surface area contributed by atoms with E-state index < -0.39 is 21.9 Å². The van der Waals surface area contributed by atoms with Gasteiger partial charge in [-0.2, -0.15) is 18.3 Å². The second-order valence-corrected chi connectivity index (χ2v) is 7.98. The molecule has 1 N–H and O–H groups in total. The molecular weight excluding hydrogens is 395 g/mol. The molecule has 28 heavy (non-hydrogen) atoms. The van der Waals surface area contributed by atoms with Crippen molar-refractivity contribution in [2.45, 2.75) is 11.1 Å². The van der Waals surface area contributed by atoms with Gasteiger partial charge in [0.1, 0.15) is 0 Å². The highest BCUT2D eigenvalue weighted by Gasteiger charge is 2.38. The quantitative estimate of drug-likeness (QED) is 0.716. The van der Waals surface area contributed by atoms with E-state index in [-0.39, 0.29) is 10.6 Å². The maximum Gasteiger partial charge on any atom is 0.471 e. The summed E-state index contributed by atoms with van der Waals surface area (Å²) in [6.45, 7) is 0. The lowest BCUT2D eigenvalue weighted by molar-refractivity contribution is -0.167. The summed E-state index contributed by atoms with van der Waals surface area (Å²) in [4.78, 5) is 11.1. The Bertz CT molecular complexity index is 1100. The van der Waals surface area contributed by atoms with Crippen LogP contribution in [0.4, 0.5) is 18.9 Å². The zero-order valence-corrected chi connectivity index (χ0v) is 15.3. The van der Waals surface area contributed by atoms with Crippen molar-refractivity contribution in [3.63, 3.8) is 0 Å². The van der Waals surface area contributed by atoms with Gasteiger partial charge in [0.25, 0.3) is 0 Å². The largest absolute Gasteiger partial charge is 0.471 e. The molecule has 0 aliphatic rings. The summed E-state index contributed by atoms with van der Waals surface area (Å²) < 4.78 is 61.4. The number of rotatable bonds is 4. The molecule has 10 heteroatoms. The van der Waals surface area contributed by atoms with E-state index in [1.54, 1.807) is 46.7 Å². The Hall–Kier alpha value is -3.14. The van der Waals surface area contributed by atoms with Crippen LogP contribution in [0.3, 0.4) is 0 Å². The van der Waals surface area contributed by atoms with Crippen LogP contribution in [0.1, 0.15) is 0 Å². The molecule has 3 rings (SSSR count). The van der Waals surface area contributed by atoms with Crippen molar-refractivity contribution in [1.29, 1.82) is 0 Å². The number of sulfone groups is 1. The fourth-order valence-corrected chi connectivity index (χ4v) is 3.04. The number of aromatic nitrogens is 2. The summed E-state index contributed by atoms with van der Waals surface area (Å²) in [7, 11) is -3.29. The fraction of sp³-hybridized carbons (Fsp3) is 0.111. The van der Waals surface area contributed by atoms with Gasteiger partial charge in [0.2, 0.25) is 0 Å². The Morgan fingerprint density at radius 2 is 1.61 bits per heavy atom. The third kappa shape index (κ3) is 4.39. The van der Waals surface area contributed by atoms with Gasteiger partial charge in [-0.1, -0.05) is 12.1 Å². The number of hydrogen-bond donors (Lipinski definition) is 1. The van der Waals surface area contributed by atoms with E-state index in [9.17, 15) is 26.4 Å². The molecule has 0 unspecified atom stereocenters. The highest BCUT2D eigenvalue weighted by atomic mass is 32.2. The lowest BCUT2D eigenvalue weighted by Crippen LogP contribution is -2.29. The number of anilines is 1. The summed E-state index contributed by atoms with van der Waals surface area (Å²) >= 11 is 0. The predicted octanol–water partition coefficient (Wildman–Crippen LogP) is 3.44. The average Bonchev–Trinajstić information content (AvgIpc) is 3.11. The molecule has 0 saturated heterocycles. The summed E-state index contributed by atoms with van der Waals surface area (Å²) in [6.07, 6.45) is -0.576. The standard InChI is InChI=1S/C18H14F3N3O3S/c1-28(26,27)16-8-6-15(7-9-16)24-11-13(10-22-24)12-2-4-14(5-3-12)23-17(25)18(19,20)21/h2-11H,1H3,(H,23,25). The Morgan fingerprint density at radius 3 is 2.14 bits per heavy atom. The van der Waals surface area contributed by atoms with Crippen molar-refractivity contribution in [2.24, 2.45) is 0 Å². The van der Waals surface area contributed by atoms with Crippen molar-refractivity contribution < 1.29 is 26.4 Å². The van der Waals surface area contributed by atoms with Crippen LogP contribution < -0.4 is 5.32 Å². The van der Waals surface area contributed by atoms with Crippen molar-refractivity contribution in [1.82, 2.24) is 9.78 Å². The van der Waals surface area contributed by atoms with Crippen LogP contribution in [0, 0.1) is 0 Å². The second kappa shape index (κ2) is 7.12. The number of amides is 1. The Kier molecular flexibility index (Phi) is 4.99. The van der Waals surface area contributed by atoms with E-state index in [0.717, 1.165) is 6.26 Å². The van der Waals surface area contributed by atoms with Gasteiger partial charge >= 0.3 is 12.1 Å². The Morgan fingerprint density at radius 1 is 1.00 bits per heavy atom. The second-order valence-electron chi connectivity index (χ2n) is 5.97. The van der Waals surface area contributed by atoms with Gasteiger partial charge in [-0.3, -0.25) is 4.79 Å². The molecule has 2 aromatic carbocycles. The number of alkyl halides is 3.